The molecule has 0 fully saturated rings. The number of rotatable bonds is 11. The van der Waals surface area contributed by atoms with Crippen molar-refractivity contribution in [2.75, 3.05) is 27.4 Å². The zero-order valence-corrected chi connectivity index (χ0v) is 25.6. The zero-order valence-electron chi connectivity index (χ0n) is 25.6. The number of ether oxygens (including phenoxy) is 4. The van der Waals surface area contributed by atoms with E-state index in [1.165, 1.54) is 14.2 Å². The summed E-state index contributed by atoms with van der Waals surface area (Å²) in [7, 11) is 2.95. The van der Waals surface area contributed by atoms with Crippen LogP contribution in [-0.4, -0.2) is 49.6 Å². The molecule has 0 amide bonds. The molecule has 222 valence electrons. The van der Waals surface area contributed by atoms with E-state index in [0.717, 1.165) is 0 Å². The number of benzene rings is 2. The summed E-state index contributed by atoms with van der Waals surface area (Å²) in [4.78, 5) is 26.8. The minimum Gasteiger partial charge on any atom is -0.504 e. The van der Waals surface area contributed by atoms with E-state index in [1.54, 1.807) is 26.0 Å². The first-order valence-corrected chi connectivity index (χ1v) is 13.7. The molecule has 0 spiro atoms. The molecule has 0 saturated carbocycles. The standard InChI is InChI=1S/C32H46O8/c1-11-39-29(35)21(13-19-15-23(31(3,4)5)27(33)25(17-19)37-9)22(30(36)40-12-2)14-20-16-24(32(6,7)8)28(34)26(18-20)38-10/h15-18,21-22,33-34H,11-14H2,1-10H3/t21-,22-/m1/s1. The Balaban J connectivity index is 2.69. The maximum absolute atomic E-state index is 13.4. The highest BCUT2D eigenvalue weighted by molar-refractivity contribution is 5.83. The fourth-order valence-electron chi connectivity index (χ4n) is 4.81. The summed E-state index contributed by atoms with van der Waals surface area (Å²) in [5, 5.41) is 21.6. The van der Waals surface area contributed by atoms with Crippen molar-refractivity contribution in [3.05, 3.63) is 46.5 Å². The summed E-state index contributed by atoms with van der Waals surface area (Å²) in [5.41, 5.74) is 1.94. The lowest BCUT2D eigenvalue weighted by atomic mass is 9.79. The minimum atomic E-state index is -0.890. The molecule has 0 radical (unpaired) electrons. The maximum atomic E-state index is 13.4. The molecule has 2 aromatic carbocycles. The molecule has 8 nitrogen and oxygen atoms in total. The first-order chi connectivity index (χ1) is 18.6. The molecular formula is C32H46O8. The van der Waals surface area contributed by atoms with Crippen LogP contribution < -0.4 is 9.47 Å². The van der Waals surface area contributed by atoms with Gasteiger partial charge in [0.2, 0.25) is 0 Å². The van der Waals surface area contributed by atoms with Crippen LogP contribution in [0.3, 0.4) is 0 Å². The van der Waals surface area contributed by atoms with Crippen molar-refractivity contribution in [1.82, 2.24) is 0 Å². The van der Waals surface area contributed by atoms with Crippen LogP contribution in [0.2, 0.25) is 0 Å². The fraction of sp³-hybridized carbons (Fsp3) is 0.562. The van der Waals surface area contributed by atoms with Gasteiger partial charge in [0.15, 0.2) is 23.0 Å². The Bertz CT molecular complexity index is 1090. The molecular weight excluding hydrogens is 512 g/mol. The Kier molecular flexibility index (Phi) is 10.9. The smallest absolute Gasteiger partial charge is 0.310 e. The second-order valence-corrected chi connectivity index (χ2v) is 12.0. The monoisotopic (exact) mass is 558 g/mol. The van der Waals surface area contributed by atoms with Crippen LogP contribution in [0.4, 0.5) is 0 Å². The van der Waals surface area contributed by atoms with Crippen molar-refractivity contribution in [2.24, 2.45) is 11.8 Å². The van der Waals surface area contributed by atoms with E-state index in [1.807, 2.05) is 53.7 Å². The van der Waals surface area contributed by atoms with Crippen molar-refractivity contribution in [3.63, 3.8) is 0 Å². The van der Waals surface area contributed by atoms with Gasteiger partial charge in [0.1, 0.15) is 0 Å². The largest absolute Gasteiger partial charge is 0.504 e. The Labute approximate surface area is 238 Å². The Morgan fingerprint density at radius 1 is 0.675 bits per heavy atom. The number of phenols is 2. The number of hydrogen-bond donors (Lipinski definition) is 2. The predicted molar refractivity (Wildman–Crippen MR) is 154 cm³/mol. The minimum absolute atomic E-state index is 0.0410. The summed E-state index contributed by atoms with van der Waals surface area (Å²) >= 11 is 0. The summed E-state index contributed by atoms with van der Waals surface area (Å²) in [6.07, 6.45) is 0.312. The highest BCUT2D eigenvalue weighted by Gasteiger charge is 2.37. The van der Waals surface area contributed by atoms with Crippen LogP contribution >= 0.6 is 0 Å². The van der Waals surface area contributed by atoms with Gasteiger partial charge in [0.05, 0.1) is 39.3 Å². The molecule has 0 unspecified atom stereocenters. The van der Waals surface area contributed by atoms with Gasteiger partial charge in [-0.2, -0.15) is 0 Å². The summed E-state index contributed by atoms with van der Waals surface area (Å²) in [5.74, 6) is -2.17. The summed E-state index contributed by atoms with van der Waals surface area (Å²) in [6, 6.07) is 7.04. The van der Waals surface area contributed by atoms with Gasteiger partial charge in [-0.05, 0) is 60.8 Å². The number of hydrogen-bond acceptors (Lipinski definition) is 8. The molecule has 0 aliphatic carbocycles. The number of aromatic hydroxyl groups is 2. The number of carbonyl (C=O) groups excluding carboxylic acids is 2. The Morgan fingerprint density at radius 2 is 1.00 bits per heavy atom. The van der Waals surface area contributed by atoms with Crippen molar-refractivity contribution < 1.29 is 38.7 Å². The van der Waals surface area contributed by atoms with Gasteiger partial charge in [-0.15, -0.1) is 0 Å². The van der Waals surface area contributed by atoms with Crippen LogP contribution in [-0.2, 0) is 42.7 Å². The quantitative estimate of drug-likeness (QED) is 0.330. The van der Waals surface area contributed by atoms with Gasteiger partial charge in [0, 0.05) is 11.1 Å². The van der Waals surface area contributed by atoms with Gasteiger partial charge in [-0.25, -0.2) is 0 Å². The molecule has 2 rings (SSSR count). The average Bonchev–Trinajstić information content (AvgIpc) is 2.86. The molecule has 0 aliphatic rings. The van der Waals surface area contributed by atoms with Gasteiger partial charge in [-0.3, -0.25) is 9.59 Å². The second kappa shape index (κ2) is 13.3. The van der Waals surface area contributed by atoms with E-state index in [4.69, 9.17) is 18.9 Å². The van der Waals surface area contributed by atoms with E-state index >= 15 is 0 Å². The summed E-state index contributed by atoms with van der Waals surface area (Å²) < 4.78 is 21.8. The van der Waals surface area contributed by atoms with E-state index in [2.05, 4.69) is 0 Å². The number of methoxy groups -OCH3 is 2. The van der Waals surface area contributed by atoms with Gasteiger partial charge >= 0.3 is 11.9 Å². The van der Waals surface area contributed by atoms with E-state index in [9.17, 15) is 19.8 Å². The highest BCUT2D eigenvalue weighted by atomic mass is 16.5. The van der Waals surface area contributed by atoms with Gasteiger partial charge < -0.3 is 29.2 Å². The summed E-state index contributed by atoms with van der Waals surface area (Å²) in [6.45, 7) is 15.6. The fourth-order valence-corrected chi connectivity index (χ4v) is 4.81. The van der Waals surface area contributed by atoms with Crippen molar-refractivity contribution in [3.8, 4) is 23.0 Å². The predicted octanol–water partition coefficient (Wildman–Crippen LogP) is 5.85. The SMILES string of the molecule is CCOC(=O)[C@H](Cc1cc(OC)c(O)c(C(C)(C)C)c1)[C@@H](Cc1cc(OC)c(O)c(C(C)(C)C)c1)C(=O)OCC. The molecule has 2 aromatic rings. The lowest BCUT2D eigenvalue weighted by Gasteiger charge is -2.27. The lowest BCUT2D eigenvalue weighted by molar-refractivity contribution is -0.160. The van der Waals surface area contributed by atoms with Crippen LogP contribution in [0.5, 0.6) is 23.0 Å². The lowest BCUT2D eigenvalue weighted by Crippen LogP contribution is -2.36. The van der Waals surface area contributed by atoms with Gasteiger partial charge in [-0.1, -0.05) is 53.7 Å². The number of carbonyl (C=O) groups is 2. The van der Waals surface area contributed by atoms with Crippen molar-refractivity contribution >= 4 is 11.9 Å². The van der Waals surface area contributed by atoms with Crippen LogP contribution in [0.25, 0.3) is 0 Å². The molecule has 0 heterocycles. The second-order valence-electron chi connectivity index (χ2n) is 12.0. The maximum Gasteiger partial charge on any atom is 0.310 e. The third-order valence-electron chi connectivity index (χ3n) is 6.90. The van der Waals surface area contributed by atoms with Crippen LogP contribution in [0, 0.1) is 11.8 Å². The molecule has 0 aromatic heterocycles. The Hall–Kier alpha value is -3.42. The molecule has 0 saturated heterocycles. The number of esters is 2. The molecule has 2 N–H and O–H groups in total. The van der Waals surface area contributed by atoms with Gasteiger partial charge in [0.25, 0.3) is 0 Å². The average molecular weight is 559 g/mol. The van der Waals surface area contributed by atoms with Crippen molar-refractivity contribution in [2.45, 2.75) is 79.1 Å². The third kappa shape index (κ3) is 7.83. The number of phenolic OH excluding ortho intramolecular Hbond substituents is 2. The van der Waals surface area contributed by atoms with Crippen LogP contribution in [0.15, 0.2) is 24.3 Å². The highest BCUT2D eigenvalue weighted by Crippen LogP contribution is 2.41. The first-order valence-electron chi connectivity index (χ1n) is 13.7. The molecule has 40 heavy (non-hydrogen) atoms. The topological polar surface area (TPSA) is 112 Å². The van der Waals surface area contributed by atoms with E-state index in [-0.39, 0.29) is 49.1 Å². The van der Waals surface area contributed by atoms with Crippen molar-refractivity contribution in [1.29, 1.82) is 0 Å². The first kappa shape index (κ1) is 32.8. The normalized spacial score (nSPS) is 13.3. The molecule has 8 heteroatoms. The molecule has 0 aliphatic heterocycles. The van der Waals surface area contributed by atoms with Crippen LogP contribution in [0.1, 0.15) is 77.6 Å². The van der Waals surface area contributed by atoms with E-state index in [0.29, 0.717) is 22.3 Å². The third-order valence-corrected chi connectivity index (χ3v) is 6.90. The van der Waals surface area contributed by atoms with E-state index < -0.39 is 34.6 Å². The molecule has 0 bridgehead atoms. The molecule has 2 atom stereocenters. The Morgan fingerprint density at radius 3 is 1.25 bits per heavy atom. The zero-order chi connectivity index (χ0) is 30.4.